The quantitative estimate of drug-likeness (QED) is 0.710. The topological polar surface area (TPSA) is 88.4 Å². The third kappa shape index (κ3) is 3.46. The van der Waals surface area contributed by atoms with Crippen molar-refractivity contribution in [3.63, 3.8) is 0 Å². The number of hydrogen-bond donors (Lipinski definition) is 1. The van der Waals surface area contributed by atoms with Gasteiger partial charge in [-0.05, 0) is 50.1 Å². The minimum Gasteiger partial charge on any atom is -0.483 e. The van der Waals surface area contributed by atoms with E-state index in [4.69, 9.17) is 9.15 Å². The van der Waals surface area contributed by atoms with Gasteiger partial charge in [0.25, 0.3) is 5.91 Å². The van der Waals surface area contributed by atoms with Crippen molar-refractivity contribution in [2.24, 2.45) is 0 Å². The van der Waals surface area contributed by atoms with Crippen LogP contribution in [0.3, 0.4) is 0 Å². The molecule has 1 amide bonds. The lowest BCUT2D eigenvalue weighted by atomic mass is 10.0. The highest BCUT2D eigenvalue weighted by Gasteiger charge is 2.16. The third-order valence-corrected chi connectivity index (χ3v) is 4.40. The second kappa shape index (κ2) is 7.03. The molecule has 2 aromatic heterocycles. The first-order valence-corrected chi connectivity index (χ1v) is 8.26. The molecule has 0 saturated carbocycles. The zero-order chi connectivity index (χ0) is 18.8. The third-order valence-electron chi connectivity index (χ3n) is 4.40. The van der Waals surface area contributed by atoms with E-state index in [1.165, 1.54) is 0 Å². The Hall–Kier alpha value is -3.09. The summed E-state index contributed by atoms with van der Waals surface area (Å²) in [5.41, 5.74) is 3.17. The molecule has 0 aliphatic carbocycles. The minimum atomic E-state index is -0.359. The predicted octanol–water partition coefficient (Wildman–Crippen LogP) is 2.48. The summed E-state index contributed by atoms with van der Waals surface area (Å²) in [5.74, 6) is 0.369. The van der Waals surface area contributed by atoms with Crippen LogP contribution in [-0.2, 0) is 11.3 Å². The van der Waals surface area contributed by atoms with Crippen LogP contribution in [0.4, 0.5) is 0 Å². The second-order valence-corrected chi connectivity index (χ2v) is 6.40. The Morgan fingerprint density at radius 3 is 2.73 bits per heavy atom. The van der Waals surface area contributed by atoms with Gasteiger partial charge in [0.2, 0.25) is 0 Å². The van der Waals surface area contributed by atoms with E-state index in [2.05, 4.69) is 10.2 Å². The number of benzene rings is 1. The molecule has 1 aromatic carbocycles. The molecule has 136 valence electrons. The molecular formula is C19H21N3O4. The van der Waals surface area contributed by atoms with Crippen molar-refractivity contribution in [1.82, 2.24) is 15.1 Å². The van der Waals surface area contributed by atoms with Crippen LogP contribution >= 0.6 is 0 Å². The van der Waals surface area contributed by atoms with Gasteiger partial charge in [0.05, 0.1) is 17.6 Å². The van der Waals surface area contributed by atoms with Crippen molar-refractivity contribution in [1.29, 1.82) is 0 Å². The molecule has 26 heavy (non-hydrogen) atoms. The molecule has 0 bridgehead atoms. The lowest BCUT2D eigenvalue weighted by molar-refractivity contribution is -0.132. The smallest absolute Gasteiger partial charge is 0.339 e. The summed E-state index contributed by atoms with van der Waals surface area (Å²) in [7, 11) is 1.70. The Balaban J connectivity index is 1.83. The number of hydrogen-bond acceptors (Lipinski definition) is 5. The van der Waals surface area contributed by atoms with Gasteiger partial charge in [-0.25, -0.2) is 4.79 Å². The Kier molecular flexibility index (Phi) is 4.79. The SMILES string of the molecule is Cc1cc(OCC(=O)N(C)Cc2ccn[nH]2)c2c(C)c(C)c(=O)oc2c1. The molecule has 0 fully saturated rings. The highest BCUT2D eigenvalue weighted by Crippen LogP contribution is 2.30. The Bertz CT molecular complexity index is 1010. The molecule has 0 spiro atoms. The van der Waals surface area contributed by atoms with Crippen molar-refractivity contribution >= 4 is 16.9 Å². The number of aromatic nitrogens is 2. The van der Waals surface area contributed by atoms with E-state index >= 15 is 0 Å². The summed E-state index contributed by atoms with van der Waals surface area (Å²) in [4.78, 5) is 25.8. The van der Waals surface area contributed by atoms with Gasteiger partial charge in [-0.15, -0.1) is 0 Å². The van der Waals surface area contributed by atoms with E-state index < -0.39 is 0 Å². The first-order chi connectivity index (χ1) is 12.4. The van der Waals surface area contributed by atoms with Crippen molar-refractivity contribution in [2.75, 3.05) is 13.7 Å². The molecule has 0 saturated heterocycles. The molecular weight excluding hydrogens is 334 g/mol. The summed E-state index contributed by atoms with van der Waals surface area (Å²) in [6.45, 7) is 5.76. The zero-order valence-electron chi connectivity index (χ0n) is 15.3. The van der Waals surface area contributed by atoms with Crippen LogP contribution in [0.1, 0.15) is 22.4 Å². The molecule has 7 nitrogen and oxygen atoms in total. The van der Waals surface area contributed by atoms with Crippen LogP contribution in [-0.4, -0.2) is 34.7 Å². The normalized spacial score (nSPS) is 10.9. The van der Waals surface area contributed by atoms with E-state index in [1.807, 2.05) is 26.0 Å². The van der Waals surface area contributed by atoms with E-state index in [-0.39, 0.29) is 18.1 Å². The van der Waals surface area contributed by atoms with Gasteiger partial charge in [-0.2, -0.15) is 5.10 Å². The summed E-state index contributed by atoms with van der Waals surface area (Å²) >= 11 is 0. The monoisotopic (exact) mass is 355 g/mol. The molecule has 3 aromatic rings. The number of aromatic amines is 1. The number of likely N-dealkylation sites (N-methyl/N-ethyl adjacent to an activating group) is 1. The first-order valence-electron chi connectivity index (χ1n) is 8.26. The van der Waals surface area contributed by atoms with Gasteiger partial charge in [-0.1, -0.05) is 0 Å². The van der Waals surface area contributed by atoms with Crippen LogP contribution in [0.15, 0.2) is 33.6 Å². The average molecular weight is 355 g/mol. The number of carbonyl (C=O) groups is 1. The van der Waals surface area contributed by atoms with E-state index in [0.717, 1.165) is 22.2 Å². The van der Waals surface area contributed by atoms with Crippen LogP contribution < -0.4 is 10.4 Å². The highest BCUT2D eigenvalue weighted by molar-refractivity contribution is 5.88. The second-order valence-electron chi connectivity index (χ2n) is 6.40. The summed E-state index contributed by atoms with van der Waals surface area (Å²) in [6.07, 6.45) is 1.64. The molecule has 3 rings (SSSR count). The molecule has 0 atom stereocenters. The summed E-state index contributed by atoms with van der Waals surface area (Å²) in [5, 5.41) is 7.41. The predicted molar refractivity (Wildman–Crippen MR) is 97.3 cm³/mol. The summed E-state index contributed by atoms with van der Waals surface area (Å²) in [6, 6.07) is 5.45. The minimum absolute atomic E-state index is 0.110. The molecule has 0 aliphatic heterocycles. The highest BCUT2D eigenvalue weighted by atomic mass is 16.5. The van der Waals surface area contributed by atoms with Crippen LogP contribution in [0.5, 0.6) is 5.75 Å². The number of carbonyl (C=O) groups excluding carboxylic acids is 1. The number of fused-ring (bicyclic) bond motifs is 1. The standard InChI is InChI=1S/C19H21N3O4/c1-11-7-15(18-12(2)13(3)19(24)26-16(18)8-11)25-10-17(23)22(4)9-14-5-6-20-21-14/h5-8H,9-10H2,1-4H3,(H,20,21). The van der Waals surface area contributed by atoms with Gasteiger partial charge in [0, 0.05) is 18.8 Å². The molecule has 0 aliphatic rings. The molecule has 0 unspecified atom stereocenters. The average Bonchev–Trinajstić information content (AvgIpc) is 3.09. The van der Waals surface area contributed by atoms with Gasteiger partial charge in [0.1, 0.15) is 11.3 Å². The maximum Gasteiger partial charge on any atom is 0.339 e. The van der Waals surface area contributed by atoms with Crippen molar-refractivity contribution in [3.05, 3.63) is 57.2 Å². The lowest BCUT2D eigenvalue weighted by Gasteiger charge is -2.17. The largest absolute Gasteiger partial charge is 0.483 e. The maximum atomic E-state index is 12.4. The van der Waals surface area contributed by atoms with Crippen molar-refractivity contribution < 1.29 is 13.9 Å². The van der Waals surface area contributed by atoms with Gasteiger partial charge in [0.15, 0.2) is 6.61 Å². The van der Waals surface area contributed by atoms with Crippen LogP contribution in [0.2, 0.25) is 0 Å². The van der Waals surface area contributed by atoms with Gasteiger partial charge in [-0.3, -0.25) is 9.89 Å². The Morgan fingerprint density at radius 2 is 2.04 bits per heavy atom. The van der Waals surface area contributed by atoms with Crippen molar-refractivity contribution in [3.8, 4) is 5.75 Å². The number of aryl methyl sites for hydroxylation is 2. The zero-order valence-corrected chi connectivity index (χ0v) is 15.3. The number of nitrogens with one attached hydrogen (secondary N) is 1. The number of ether oxygens (including phenoxy) is 1. The van der Waals surface area contributed by atoms with E-state index in [1.54, 1.807) is 31.1 Å². The Labute approximate surface area is 150 Å². The van der Waals surface area contributed by atoms with Crippen molar-refractivity contribution in [2.45, 2.75) is 27.3 Å². The lowest BCUT2D eigenvalue weighted by Crippen LogP contribution is -2.31. The number of rotatable bonds is 5. The Morgan fingerprint density at radius 1 is 1.27 bits per heavy atom. The molecule has 1 N–H and O–H groups in total. The van der Waals surface area contributed by atoms with Gasteiger partial charge >= 0.3 is 5.63 Å². The fraction of sp³-hybridized carbons (Fsp3) is 0.316. The van der Waals surface area contributed by atoms with E-state index in [9.17, 15) is 9.59 Å². The number of nitrogens with zero attached hydrogens (tertiary/aromatic N) is 2. The van der Waals surface area contributed by atoms with Gasteiger partial charge < -0.3 is 14.1 Å². The molecule has 7 heteroatoms. The molecule has 2 heterocycles. The molecule has 0 radical (unpaired) electrons. The first kappa shape index (κ1) is 17.7. The van der Waals surface area contributed by atoms with E-state index in [0.29, 0.717) is 23.4 Å². The van der Waals surface area contributed by atoms with Crippen LogP contribution in [0, 0.1) is 20.8 Å². The fourth-order valence-corrected chi connectivity index (χ4v) is 2.77. The summed E-state index contributed by atoms with van der Waals surface area (Å²) < 4.78 is 11.2. The fourth-order valence-electron chi connectivity index (χ4n) is 2.77. The van der Waals surface area contributed by atoms with Crippen LogP contribution in [0.25, 0.3) is 11.0 Å². The number of amides is 1. The maximum absolute atomic E-state index is 12.4. The number of H-pyrrole nitrogens is 1.